The van der Waals surface area contributed by atoms with Crippen LogP contribution in [0.25, 0.3) is 10.9 Å². The second-order valence-electron chi connectivity index (χ2n) is 5.19. The molecule has 122 valence electrons. The van der Waals surface area contributed by atoms with Gasteiger partial charge < -0.3 is 15.6 Å². The van der Waals surface area contributed by atoms with Gasteiger partial charge in [-0.05, 0) is 30.7 Å². The first-order chi connectivity index (χ1) is 11.0. The Morgan fingerprint density at radius 3 is 2.65 bits per heavy atom. The third kappa shape index (κ3) is 4.91. The van der Waals surface area contributed by atoms with Crippen molar-refractivity contribution in [2.24, 2.45) is 0 Å². The monoisotopic (exact) mass is 319 g/mol. The number of halogens is 1. The van der Waals surface area contributed by atoms with Gasteiger partial charge in [0, 0.05) is 42.9 Å². The van der Waals surface area contributed by atoms with E-state index in [-0.39, 0.29) is 36.0 Å². The summed E-state index contributed by atoms with van der Waals surface area (Å²) in [4.78, 5) is 37.0. The van der Waals surface area contributed by atoms with Crippen molar-refractivity contribution in [1.82, 2.24) is 15.6 Å². The summed E-state index contributed by atoms with van der Waals surface area (Å²) in [6.07, 6.45) is 0.401. The summed E-state index contributed by atoms with van der Waals surface area (Å²) in [6.45, 7) is 2.09. The maximum atomic E-state index is 13.2. The molecule has 2 aromatic rings. The van der Waals surface area contributed by atoms with Crippen LogP contribution in [0.3, 0.4) is 0 Å². The predicted octanol–water partition coefficient (Wildman–Crippen LogP) is 0.852. The Morgan fingerprint density at radius 1 is 1.17 bits per heavy atom. The lowest BCUT2D eigenvalue weighted by Gasteiger charge is -2.06. The van der Waals surface area contributed by atoms with Crippen LogP contribution in [0, 0.1) is 5.82 Å². The van der Waals surface area contributed by atoms with E-state index in [1.54, 1.807) is 6.07 Å². The van der Waals surface area contributed by atoms with E-state index in [9.17, 15) is 18.8 Å². The molecule has 0 atom stereocenters. The van der Waals surface area contributed by atoms with Crippen molar-refractivity contribution in [3.05, 3.63) is 46.0 Å². The molecule has 1 aromatic heterocycles. The van der Waals surface area contributed by atoms with Crippen molar-refractivity contribution in [3.8, 4) is 0 Å². The summed E-state index contributed by atoms with van der Waals surface area (Å²) in [5.41, 5.74) is 0.704. The highest BCUT2D eigenvalue weighted by molar-refractivity contribution is 5.79. The third-order valence-corrected chi connectivity index (χ3v) is 3.33. The molecule has 1 heterocycles. The molecule has 0 bridgehead atoms. The molecule has 3 N–H and O–H groups in total. The lowest BCUT2D eigenvalue weighted by atomic mass is 10.1. The van der Waals surface area contributed by atoms with Gasteiger partial charge in [-0.3, -0.25) is 14.4 Å². The molecule has 0 saturated carbocycles. The minimum Gasteiger partial charge on any atom is -0.355 e. The Kier molecular flexibility index (Phi) is 5.46. The minimum atomic E-state index is -0.383. The topological polar surface area (TPSA) is 91.1 Å². The fraction of sp³-hybridized carbons (Fsp3) is 0.312. The number of aryl methyl sites for hydroxylation is 1. The van der Waals surface area contributed by atoms with E-state index in [0.29, 0.717) is 29.6 Å². The van der Waals surface area contributed by atoms with Crippen molar-refractivity contribution in [2.75, 3.05) is 13.1 Å². The summed E-state index contributed by atoms with van der Waals surface area (Å²) in [6, 6.07) is 5.72. The van der Waals surface area contributed by atoms with Gasteiger partial charge >= 0.3 is 0 Å². The van der Waals surface area contributed by atoms with E-state index in [2.05, 4.69) is 15.6 Å². The molecular weight excluding hydrogens is 301 g/mol. The number of aromatic nitrogens is 1. The van der Waals surface area contributed by atoms with Crippen LogP contribution in [-0.4, -0.2) is 29.9 Å². The average molecular weight is 319 g/mol. The standard InChI is InChI=1S/C16H18FN3O3/c1-10(21)18-6-7-19-15(22)5-2-11-8-12-9-13(17)3-4-14(12)20-16(11)23/h3-4,8-9H,2,5-7H2,1H3,(H,18,21)(H,19,22)(H,20,23). The van der Waals surface area contributed by atoms with Gasteiger partial charge in [-0.25, -0.2) is 4.39 Å². The number of carbonyl (C=O) groups is 2. The zero-order chi connectivity index (χ0) is 16.8. The molecule has 1 aromatic carbocycles. The van der Waals surface area contributed by atoms with E-state index >= 15 is 0 Å². The van der Waals surface area contributed by atoms with E-state index in [1.165, 1.54) is 25.1 Å². The number of nitrogens with one attached hydrogen (secondary N) is 3. The van der Waals surface area contributed by atoms with Gasteiger partial charge in [-0.1, -0.05) is 0 Å². The van der Waals surface area contributed by atoms with Gasteiger partial charge in [-0.2, -0.15) is 0 Å². The number of benzene rings is 1. The molecule has 0 radical (unpaired) electrons. The van der Waals surface area contributed by atoms with Gasteiger partial charge in [0.15, 0.2) is 0 Å². The van der Waals surface area contributed by atoms with E-state index in [4.69, 9.17) is 0 Å². The normalized spacial score (nSPS) is 10.5. The van der Waals surface area contributed by atoms with Crippen LogP contribution in [0.2, 0.25) is 0 Å². The Bertz CT molecular complexity index is 786. The van der Waals surface area contributed by atoms with Crippen LogP contribution >= 0.6 is 0 Å². The highest BCUT2D eigenvalue weighted by atomic mass is 19.1. The van der Waals surface area contributed by atoms with Crippen LogP contribution in [0.15, 0.2) is 29.1 Å². The van der Waals surface area contributed by atoms with E-state index < -0.39 is 0 Å². The first kappa shape index (κ1) is 16.7. The van der Waals surface area contributed by atoms with Crippen molar-refractivity contribution in [2.45, 2.75) is 19.8 Å². The number of hydrogen-bond acceptors (Lipinski definition) is 3. The molecule has 0 aliphatic rings. The van der Waals surface area contributed by atoms with Gasteiger partial charge in [0.1, 0.15) is 5.82 Å². The van der Waals surface area contributed by atoms with Gasteiger partial charge in [-0.15, -0.1) is 0 Å². The van der Waals surface area contributed by atoms with E-state index in [0.717, 1.165) is 0 Å². The molecule has 6 nitrogen and oxygen atoms in total. The quantitative estimate of drug-likeness (QED) is 0.690. The second-order valence-corrected chi connectivity index (χ2v) is 5.19. The van der Waals surface area contributed by atoms with Crippen LogP contribution < -0.4 is 16.2 Å². The van der Waals surface area contributed by atoms with Gasteiger partial charge in [0.05, 0.1) is 0 Å². The average Bonchev–Trinajstić information content (AvgIpc) is 2.49. The molecule has 7 heteroatoms. The van der Waals surface area contributed by atoms with Crippen LogP contribution in [0.5, 0.6) is 0 Å². The number of pyridine rings is 1. The molecule has 0 saturated heterocycles. The summed E-state index contributed by atoms with van der Waals surface area (Å²) in [7, 11) is 0. The lowest BCUT2D eigenvalue weighted by molar-refractivity contribution is -0.122. The number of carbonyl (C=O) groups excluding carboxylic acids is 2. The number of fused-ring (bicyclic) bond motifs is 1. The van der Waals surface area contributed by atoms with E-state index in [1.807, 2.05) is 0 Å². The predicted molar refractivity (Wildman–Crippen MR) is 84.5 cm³/mol. The molecule has 0 aliphatic heterocycles. The van der Waals surface area contributed by atoms with Crippen molar-refractivity contribution in [3.63, 3.8) is 0 Å². The van der Waals surface area contributed by atoms with Crippen molar-refractivity contribution < 1.29 is 14.0 Å². The maximum Gasteiger partial charge on any atom is 0.251 e. The van der Waals surface area contributed by atoms with Crippen molar-refractivity contribution >= 4 is 22.7 Å². The molecule has 0 unspecified atom stereocenters. The highest BCUT2D eigenvalue weighted by Gasteiger charge is 2.07. The number of hydrogen-bond donors (Lipinski definition) is 3. The Hall–Kier alpha value is -2.70. The number of rotatable bonds is 6. The zero-order valence-corrected chi connectivity index (χ0v) is 12.7. The fourth-order valence-electron chi connectivity index (χ4n) is 2.19. The first-order valence-corrected chi connectivity index (χ1v) is 7.28. The highest BCUT2D eigenvalue weighted by Crippen LogP contribution is 2.13. The Balaban J connectivity index is 1.93. The molecular formula is C16H18FN3O3. The number of H-pyrrole nitrogens is 1. The zero-order valence-electron chi connectivity index (χ0n) is 12.7. The van der Waals surface area contributed by atoms with Gasteiger partial charge in [0.25, 0.3) is 5.56 Å². The Labute approximate surface area is 132 Å². The molecule has 23 heavy (non-hydrogen) atoms. The number of amides is 2. The first-order valence-electron chi connectivity index (χ1n) is 7.28. The largest absolute Gasteiger partial charge is 0.355 e. The van der Waals surface area contributed by atoms with Crippen molar-refractivity contribution in [1.29, 1.82) is 0 Å². The third-order valence-electron chi connectivity index (χ3n) is 3.33. The van der Waals surface area contributed by atoms with Crippen LogP contribution in [-0.2, 0) is 16.0 Å². The molecule has 2 rings (SSSR count). The summed E-state index contributed by atoms with van der Waals surface area (Å²) in [5.74, 6) is -0.755. The molecule has 0 spiro atoms. The number of aromatic amines is 1. The lowest BCUT2D eigenvalue weighted by Crippen LogP contribution is -2.33. The minimum absolute atomic E-state index is 0.143. The molecule has 0 fully saturated rings. The molecule has 2 amide bonds. The Morgan fingerprint density at radius 2 is 1.91 bits per heavy atom. The summed E-state index contributed by atoms with van der Waals surface area (Å²) >= 11 is 0. The maximum absolute atomic E-state index is 13.2. The fourth-order valence-corrected chi connectivity index (χ4v) is 2.19. The smallest absolute Gasteiger partial charge is 0.251 e. The second kappa shape index (κ2) is 7.53. The molecule has 0 aliphatic carbocycles. The van der Waals surface area contributed by atoms with Gasteiger partial charge in [0.2, 0.25) is 11.8 Å². The SMILES string of the molecule is CC(=O)NCCNC(=O)CCc1cc2cc(F)ccc2[nH]c1=O. The summed E-state index contributed by atoms with van der Waals surface area (Å²) < 4.78 is 13.2. The van der Waals surface area contributed by atoms with Crippen LogP contribution in [0.1, 0.15) is 18.9 Å². The summed E-state index contributed by atoms with van der Waals surface area (Å²) in [5, 5.41) is 5.80. The van der Waals surface area contributed by atoms with Crippen LogP contribution in [0.4, 0.5) is 4.39 Å².